The molecule has 0 radical (unpaired) electrons. The fraction of sp³-hybridized carbons (Fsp3) is 0.730. The summed E-state index contributed by atoms with van der Waals surface area (Å²) in [6, 6.07) is 2.64. The predicted molar refractivity (Wildman–Crippen MR) is 195 cm³/mol. The molecule has 1 N–H and O–H groups in total. The van der Waals surface area contributed by atoms with E-state index in [0.717, 1.165) is 32.1 Å². The van der Waals surface area contributed by atoms with E-state index in [9.17, 15) is 4.79 Å². The molecule has 10 heteroatoms. The van der Waals surface area contributed by atoms with Crippen molar-refractivity contribution in [3.8, 4) is 6.07 Å². The third kappa shape index (κ3) is 31.2. The van der Waals surface area contributed by atoms with Crippen molar-refractivity contribution in [1.29, 1.82) is 5.26 Å². The van der Waals surface area contributed by atoms with Crippen LogP contribution in [0, 0.1) is 11.3 Å². The van der Waals surface area contributed by atoms with Crippen molar-refractivity contribution in [3.63, 3.8) is 0 Å². The molecule has 0 aliphatic carbocycles. The van der Waals surface area contributed by atoms with Crippen molar-refractivity contribution < 1.29 is 28.1 Å². The number of hydrogen-bond acceptors (Lipinski definition) is 8. The number of nitrogens with one attached hydrogen (secondary N) is 1. The van der Waals surface area contributed by atoms with Gasteiger partial charge in [-0.3, -0.25) is 4.79 Å². The number of rotatable bonds is 33. The van der Waals surface area contributed by atoms with Crippen LogP contribution in [0.1, 0.15) is 105 Å². The summed E-state index contributed by atoms with van der Waals surface area (Å²) in [6.45, 7) is 14.7. The van der Waals surface area contributed by atoms with Crippen molar-refractivity contribution in [2.24, 2.45) is 0 Å². The van der Waals surface area contributed by atoms with Crippen LogP contribution in [0.25, 0.3) is 0 Å². The van der Waals surface area contributed by atoms with Crippen LogP contribution >= 0.6 is 8.53 Å². The Morgan fingerprint density at radius 2 is 1.19 bits per heavy atom. The fourth-order valence-corrected chi connectivity index (χ4v) is 5.90. The van der Waals surface area contributed by atoms with Crippen molar-refractivity contribution in [2.75, 3.05) is 59.4 Å². The summed E-state index contributed by atoms with van der Waals surface area (Å²) >= 11 is 0. The summed E-state index contributed by atoms with van der Waals surface area (Å²) in [5.41, 5.74) is 0. The highest BCUT2D eigenvalue weighted by atomic mass is 31.2. The summed E-state index contributed by atoms with van der Waals surface area (Å²) < 4.78 is 30.7. The zero-order valence-corrected chi connectivity index (χ0v) is 31.1. The first-order valence-corrected chi connectivity index (χ1v) is 18.9. The first-order valence-electron chi connectivity index (χ1n) is 17.7. The lowest BCUT2D eigenvalue weighted by Crippen LogP contribution is -2.34. The van der Waals surface area contributed by atoms with Gasteiger partial charge in [0.2, 0.25) is 5.91 Å². The molecule has 0 rings (SSSR count). The molecule has 1 amide bonds. The second kappa shape index (κ2) is 35.4. The highest BCUT2D eigenvalue weighted by molar-refractivity contribution is 7.44. The Hall–Kier alpha value is -1.89. The van der Waals surface area contributed by atoms with E-state index in [1.165, 1.54) is 25.7 Å². The molecule has 1 atom stereocenters. The van der Waals surface area contributed by atoms with Crippen LogP contribution in [-0.2, 0) is 28.1 Å². The van der Waals surface area contributed by atoms with Crippen LogP contribution in [0.15, 0.2) is 48.6 Å². The lowest BCUT2D eigenvalue weighted by molar-refractivity contribution is -0.121. The Bertz CT molecular complexity index is 865. The third-order valence-corrected chi connectivity index (χ3v) is 8.74. The van der Waals surface area contributed by atoms with Crippen molar-refractivity contribution in [2.45, 2.75) is 117 Å². The van der Waals surface area contributed by atoms with Gasteiger partial charge in [-0.2, -0.15) is 5.26 Å². The van der Waals surface area contributed by atoms with E-state index in [1.54, 1.807) is 0 Å². The van der Waals surface area contributed by atoms with Crippen LogP contribution in [0.5, 0.6) is 0 Å². The second-order valence-corrected chi connectivity index (χ2v) is 13.0. The number of ether oxygens (including phenoxy) is 3. The number of amides is 1. The molecule has 0 aromatic heterocycles. The number of hydrogen-bond donors (Lipinski definition) is 1. The standard InChI is InChI=1S/C37H66N3O6P/c1-6-7-8-9-10-11-12-13-14-15-16-17-18-19-20-21-22-24-37(41)39-26-28-42-29-30-43-31-32-44-33-34-46-47(45-27-23-25-38)40(35(2)3)36(4)5/h10-11,13-14,16-17,19-20,35-36H,6-9,12,15,18,21-24,26-34H2,1-5H3,(H,39,41)/b11-10-,14-13-,17-16-,20-19-. The molecule has 0 aromatic rings. The normalized spacial score (nSPS) is 13.0. The summed E-state index contributed by atoms with van der Waals surface area (Å²) in [5, 5.41) is 11.7. The molecule has 1 unspecified atom stereocenters. The minimum Gasteiger partial charge on any atom is -0.377 e. The van der Waals surface area contributed by atoms with E-state index in [4.69, 9.17) is 28.5 Å². The van der Waals surface area contributed by atoms with Gasteiger partial charge in [0, 0.05) is 25.0 Å². The van der Waals surface area contributed by atoms with Gasteiger partial charge in [-0.1, -0.05) is 68.4 Å². The Morgan fingerprint density at radius 3 is 1.72 bits per heavy atom. The minimum absolute atomic E-state index is 0.0595. The van der Waals surface area contributed by atoms with Crippen LogP contribution in [0.4, 0.5) is 0 Å². The molecule has 0 bridgehead atoms. The van der Waals surface area contributed by atoms with Gasteiger partial charge in [-0.15, -0.1) is 0 Å². The van der Waals surface area contributed by atoms with Crippen LogP contribution in [-0.4, -0.2) is 82.1 Å². The Labute approximate surface area is 288 Å². The highest BCUT2D eigenvalue weighted by Crippen LogP contribution is 2.45. The lowest BCUT2D eigenvalue weighted by atomic mass is 10.2. The van der Waals surface area contributed by atoms with Crippen molar-refractivity contribution in [1.82, 2.24) is 9.99 Å². The van der Waals surface area contributed by atoms with Crippen molar-refractivity contribution in [3.05, 3.63) is 48.6 Å². The van der Waals surface area contributed by atoms with Gasteiger partial charge in [-0.25, -0.2) is 4.67 Å². The number of nitrogens with zero attached hydrogens (tertiary/aromatic N) is 2. The zero-order chi connectivity index (χ0) is 34.6. The summed E-state index contributed by atoms with van der Waals surface area (Å²) in [6.07, 6.45) is 28.3. The van der Waals surface area contributed by atoms with E-state index in [1.807, 2.05) is 0 Å². The monoisotopic (exact) mass is 679 g/mol. The lowest BCUT2D eigenvalue weighted by Gasteiger charge is -2.35. The average Bonchev–Trinajstić information content (AvgIpc) is 3.04. The van der Waals surface area contributed by atoms with E-state index in [0.29, 0.717) is 72.2 Å². The van der Waals surface area contributed by atoms with E-state index in [-0.39, 0.29) is 18.0 Å². The Kier molecular flexibility index (Phi) is 34.0. The smallest absolute Gasteiger partial charge is 0.259 e. The molecule has 9 nitrogen and oxygen atoms in total. The SMILES string of the molecule is CCCCC/C=C\C/C=C\C/C=C\C/C=C\CCCC(=O)NCCOCCOCCOCCOP(OCCC#N)N(C(C)C)C(C)C. The maximum absolute atomic E-state index is 12.0. The third-order valence-electron chi connectivity index (χ3n) is 6.64. The van der Waals surface area contributed by atoms with Crippen LogP contribution in [0.2, 0.25) is 0 Å². The van der Waals surface area contributed by atoms with Gasteiger partial charge in [0.25, 0.3) is 8.53 Å². The van der Waals surface area contributed by atoms with Gasteiger partial charge in [0.1, 0.15) is 0 Å². The van der Waals surface area contributed by atoms with E-state index >= 15 is 0 Å². The number of carbonyl (C=O) groups excluding carboxylic acids is 1. The number of nitriles is 1. The van der Waals surface area contributed by atoms with Gasteiger partial charge in [0.05, 0.1) is 65.3 Å². The van der Waals surface area contributed by atoms with Gasteiger partial charge >= 0.3 is 0 Å². The minimum atomic E-state index is -1.25. The molecule has 0 aliphatic rings. The van der Waals surface area contributed by atoms with Crippen LogP contribution in [0.3, 0.4) is 0 Å². The molecule has 0 saturated carbocycles. The Morgan fingerprint density at radius 1 is 0.702 bits per heavy atom. The molecule has 0 aliphatic heterocycles. The molecular formula is C37H66N3O6P. The zero-order valence-electron chi connectivity index (χ0n) is 30.2. The molecule has 270 valence electrons. The van der Waals surface area contributed by atoms with Gasteiger partial charge in [-0.05, 0) is 72.6 Å². The van der Waals surface area contributed by atoms with Gasteiger partial charge < -0.3 is 28.6 Å². The molecule has 0 heterocycles. The largest absolute Gasteiger partial charge is 0.377 e. The molecule has 0 fully saturated rings. The average molecular weight is 680 g/mol. The van der Waals surface area contributed by atoms with Gasteiger partial charge in [0.15, 0.2) is 0 Å². The topological polar surface area (TPSA) is 102 Å². The molecule has 47 heavy (non-hydrogen) atoms. The number of carbonyl (C=O) groups is 1. The quantitative estimate of drug-likeness (QED) is 0.0418. The molecule has 0 saturated heterocycles. The summed E-state index contributed by atoms with van der Waals surface area (Å²) in [7, 11) is -1.25. The number of allylic oxidation sites excluding steroid dienone is 8. The Balaban J connectivity index is 3.63. The van der Waals surface area contributed by atoms with E-state index < -0.39 is 8.53 Å². The molecule has 0 spiro atoms. The highest BCUT2D eigenvalue weighted by Gasteiger charge is 2.26. The first kappa shape index (κ1) is 45.1. The van der Waals surface area contributed by atoms with Crippen LogP contribution < -0.4 is 5.32 Å². The molecular weight excluding hydrogens is 613 g/mol. The fourth-order valence-electron chi connectivity index (χ4n) is 4.32. The first-order chi connectivity index (χ1) is 22.9. The molecule has 0 aromatic carbocycles. The summed E-state index contributed by atoms with van der Waals surface area (Å²) in [5.74, 6) is 0.0595. The second-order valence-electron chi connectivity index (χ2n) is 11.5. The predicted octanol–water partition coefficient (Wildman–Crippen LogP) is 8.59. The maximum Gasteiger partial charge on any atom is 0.259 e. The maximum atomic E-state index is 12.0. The van der Waals surface area contributed by atoms with E-state index in [2.05, 4.69) is 99.3 Å². The summed E-state index contributed by atoms with van der Waals surface area (Å²) in [4.78, 5) is 12.0. The number of unbranched alkanes of at least 4 members (excludes halogenated alkanes) is 4. The van der Waals surface area contributed by atoms with Crippen molar-refractivity contribution >= 4 is 14.4 Å².